The Kier molecular flexibility index (Phi) is 2.87. The summed E-state index contributed by atoms with van der Waals surface area (Å²) >= 11 is 5.63. The lowest BCUT2D eigenvalue weighted by Crippen LogP contribution is -2.12. The van der Waals surface area contributed by atoms with Crippen LogP contribution in [0.2, 0.25) is 0 Å². The molecule has 0 spiro atoms. The topological polar surface area (TPSA) is 29.0 Å². The van der Waals surface area contributed by atoms with Gasteiger partial charge in [-0.2, -0.15) is 0 Å². The Bertz CT molecular complexity index is 273. The summed E-state index contributed by atoms with van der Waals surface area (Å²) in [5, 5.41) is 0. The number of hydrogen-bond donors (Lipinski definition) is 0. The van der Waals surface area contributed by atoms with E-state index < -0.39 is 0 Å². The summed E-state index contributed by atoms with van der Waals surface area (Å²) in [7, 11) is 3.89. The first-order valence-corrected chi connectivity index (χ1v) is 4.25. The summed E-state index contributed by atoms with van der Waals surface area (Å²) in [6, 6.07) is 1.93. The molecule has 0 saturated heterocycles. The van der Waals surface area contributed by atoms with Gasteiger partial charge in [0.2, 0.25) is 0 Å². The van der Waals surface area contributed by atoms with Crippen molar-refractivity contribution >= 4 is 17.4 Å². The summed E-state index contributed by atoms with van der Waals surface area (Å²) in [4.78, 5) is 10.3. The summed E-state index contributed by atoms with van der Waals surface area (Å²) in [5.74, 6) is 1.95. The molecule has 0 bridgehead atoms. The van der Waals surface area contributed by atoms with Gasteiger partial charge in [-0.3, -0.25) is 0 Å². The molecule has 12 heavy (non-hydrogen) atoms. The van der Waals surface area contributed by atoms with Crippen molar-refractivity contribution < 1.29 is 0 Å². The molecule has 0 aliphatic heterocycles. The SMILES string of the molecule is Cc1cc(N(C)C)nc(CCl)n1. The zero-order valence-electron chi connectivity index (χ0n) is 7.50. The van der Waals surface area contributed by atoms with Crippen LogP contribution >= 0.6 is 11.6 Å². The number of rotatable bonds is 2. The van der Waals surface area contributed by atoms with Crippen LogP contribution in [0, 0.1) is 6.92 Å². The van der Waals surface area contributed by atoms with Gasteiger partial charge in [0.15, 0.2) is 0 Å². The summed E-state index contributed by atoms with van der Waals surface area (Å²) < 4.78 is 0. The molecule has 1 aromatic rings. The smallest absolute Gasteiger partial charge is 0.145 e. The maximum absolute atomic E-state index is 5.63. The molecule has 0 atom stereocenters. The van der Waals surface area contributed by atoms with Crippen LogP contribution < -0.4 is 4.90 Å². The largest absolute Gasteiger partial charge is 0.363 e. The maximum Gasteiger partial charge on any atom is 0.145 e. The zero-order chi connectivity index (χ0) is 9.14. The van der Waals surface area contributed by atoms with Crippen LogP contribution in [0.4, 0.5) is 5.82 Å². The molecule has 0 radical (unpaired) electrons. The predicted octanol–water partition coefficient (Wildman–Crippen LogP) is 1.59. The van der Waals surface area contributed by atoms with E-state index in [1.165, 1.54) is 0 Å². The number of aromatic nitrogens is 2. The van der Waals surface area contributed by atoms with Crippen LogP contribution in [0.5, 0.6) is 0 Å². The van der Waals surface area contributed by atoms with E-state index in [0.29, 0.717) is 11.7 Å². The highest BCUT2D eigenvalue weighted by molar-refractivity contribution is 6.16. The van der Waals surface area contributed by atoms with Gasteiger partial charge in [0.25, 0.3) is 0 Å². The highest BCUT2D eigenvalue weighted by atomic mass is 35.5. The first-order valence-electron chi connectivity index (χ1n) is 3.71. The van der Waals surface area contributed by atoms with Crippen LogP contribution in [-0.4, -0.2) is 24.1 Å². The highest BCUT2D eigenvalue weighted by Crippen LogP contribution is 2.09. The number of aryl methyl sites for hydroxylation is 1. The Morgan fingerprint density at radius 3 is 2.58 bits per heavy atom. The molecule has 0 aliphatic carbocycles. The molecule has 0 aromatic carbocycles. The standard InChI is InChI=1S/C8H12ClN3/c1-6-4-8(12(2)3)11-7(5-9)10-6/h4H,5H2,1-3H3. The van der Waals surface area contributed by atoms with E-state index in [1.807, 2.05) is 32.0 Å². The van der Waals surface area contributed by atoms with Crippen LogP contribution in [0.3, 0.4) is 0 Å². The normalized spacial score (nSPS) is 10.0. The number of halogens is 1. The average Bonchev–Trinajstić information content (AvgIpc) is 2.03. The van der Waals surface area contributed by atoms with Gasteiger partial charge in [-0.05, 0) is 6.92 Å². The van der Waals surface area contributed by atoms with Crippen molar-refractivity contribution in [3.8, 4) is 0 Å². The fraction of sp³-hybridized carbons (Fsp3) is 0.500. The molecular formula is C8H12ClN3. The molecule has 0 unspecified atom stereocenters. The van der Waals surface area contributed by atoms with E-state index in [0.717, 1.165) is 11.5 Å². The van der Waals surface area contributed by atoms with Crippen LogP contribution in [-0.2, 0) is 5.88 Å². The van der Waals surface area contributed by atoms with Gasteiger partial charge in [0.05, 0.1) is 5.88 Å². The van der Waals surface area contributed by atoms with Crippen molar-refractivity contribution in [2.24, 2.45) is 0 Å². The Hall–Kier alpha value is -0.830. The second-order valence-electron chi connectivity index (χ2n) is 2.81. The van der Waals surface area contributed by atoms with Crippen molar-refractivity contribution in [1.29, 1.82) is 0 Å². The number of nitrogens with zero attached hydrogens (tertiary/aromatic N) is 3. The predicted molar refractivity (Wildman–Crippen MR) is 50.7 cm³/mol. The van der Waals surface area contributed by atoms with E-state index in [2.05, 4.69) is 9.97 Å². The maximum atomic E-state index is 5.63. The number of hydrogen-bond acceptors (Lipinski definition) is 3. The Morgan fingerprint density at radius 1 is 1.42 bits per heavy atom. The Balaban J connectivity index is 3.06. The molecule has 0 saturated carbocycles. The summed E-state index contributed by atoms with van der Waals surface area (Å²) in [5.41, 5.74) is 0.948. The van der Waals surface area contributed by atoms with Gasteiger partial charge in [0.1, 0.15) is 11.6 Å². The molecule has 1 heterocycles. The van der Waals surface area contributed by atoms with E-state index in [9.17, 15) is 0 Å². The number of anilines is 1. The van der Waals surface area contributed by atoms with E-state index in [-0.39, 0.29) is 0 Å². The third-order valence-electron chi connectivity index (χ3n) is 1.46. The second kappa shape index (κ2) is 3.72. The van der Waals surface area contributed by atoms with E-state index in [1.54, 1.807) is 0 Å². The molecule has 0 fully saturated rings. The minimum Gasteiger partial charge on any atom is -0.363 e. The van der Waals surface area contributed by atoms with E-state index in [4.69, 9.17) is 11.6 Å². The van der Waals surface area contributed by atoms with Gasteiger partial charge >= 0.3 is 0 Å². The zero-order valence-corrected chi connectivity index (χ0v) is 8.26. The molecule has 66 valence electrons. The fourth-order valence-corrected chi connectivity index (χ4v) is 1.02. The van der Waals surface area contributed by atoms with Crippen LogP contribution in [0.25, 0.3) is 0 Å². The molecule has 0 N–H and O–H groups in total. The van der Waals surface area contributed by atoms with Gasteiger partial charge in [0, 0.05) is 25.9 Å². The average molecular weight is 186 g/mol. The minimum atomic E-state index is 0.364. The van der Waals surface area contributed by atoms with Crippen LogP contribution in [0.15, 0.2) is 6.07 Å². The van der Waals surface area contributed by atoms with Gasteiger partial charge in [-0.25, -0.2) is 9.97 Å². The van der Waals surface area contributed by atoms with Gasteiger partial charge in [-0.1, -0.05) is 0 Å². The second-order valence-corrected chi connectivity index (χ2v) is 3.08. The molecule has 3 nitrogen and oxygen atoms in total. The molecule has 1 rings (SSSR count). The lowest BCUT2D eigenvalue weighted by atomic mass is 10.4. The lowest BCUT2D eigenvalue weighted by molar-refractivity contribution is 0.951. The third kappa shape index (κ3) is 2.08. The third-order valence-corrected chi connectivity index (χ3v) is 1.70. The molecule has 0 aliphatic rings. The van der Waals surface area contributed by atoms with Gasteiger partial charge in [-0.15, -0.1) is 11.6 Å². The van der Waals surface area contributed by atoms with Crippen molar-refractivity contribution in [2.75, 3.05) is 19.0 Å². The van der Waals surface area contributed by atoms with Crippen molar-refractivity contribution in [3.05, 3.63) is 17.6 Å². The Morgan fingerprint density at radius 2 is 2.08 bits per heavy atom. The molecular weight excluding hydrogens is 174 g/mol. The van der Waals surface area contributed by atoms with E-state index >= 15 is 0 Å². The monoisotopic (exact) mass is 185 g/mol. The van der Waals surface area contributed by atoms with Crippen LogP contribution in [0.1, 0.15) is 11.5 Å². The number of alkyl halides is 1. The van der Waals surface area contributed by atoms with Crippen molar-refractivity contribution in [3.63, 3.8) is 0 Å². The Labute approximate surface area is 77.4 Å². The minimum absolute atomic E-state index is 0.364. The van der Waals surface area contributed by atoms with Crippen molar-refractivity contribution in [2.45, 2.75) is 12.8 Å². The van der Waals surface area contributed by atoms with Gasteiger partial charge < -0.3 is 4.90 Å². The fourth-order valence-electron chi connectivity index (χ4n) is 0.901. The highest BCUT2D eigenvalue weighted by Gasteiger charge is 2.01. The molecule has 0 amide bonds. The van der Waals surface area contributed by atoms with Crippen molar-refractivity contribution in [1.82, 2.24) is 9.97 Å². The first kappa shape index (κ1) is 9.26. The quantitative estimate of drug-likeness (QED) is 0.656. The summed E-state index contributed by atoms with van der Waals surface area (Å²) in [6.45, 7) is 1.94. The summed E-state index contributed by atoms with van der Waals surface area (Å²) in [6.07, 6.45) is 0. The molecule has 1 aromatic heterocycles. The lowest BCUT2D eigenvalue weighted by Gasteiger charge is -2.11. The molecule has 4 heteroatoms. The first-order chi connectivity index (χ1) is 5.63.